The lowest BCUT2D eigenvalue weighted by Gasteiger charge is -2.11. The third kappa shape index (κ3) is 2.48. The Morgan fingerprint density at radius 2 is 1.96 bits per heavy atom. The number of benzene rings is 2. The highest BCUT2D eigenvalue weighted by atomic mass is 35.5. The molecule has 4 nitrogen and oxygen atoms in total. The summed E-state index contributed by atoms with van der Waals surface area (Å²) < 4.78 is 1.87. The molecule has 0 aliphatic carbocycles. The third-order valence-electron chi connectivity index (χ3n) is 4.13. The van der Waals surface area contributed by atoms with Crippen LogP contribution >= 0.6 is 23.2 Å². The fourth-order valence-electron chi connectivity index (χ4n) is 2.87. The third-order valence-corrected chi connectivity index (χ3v) is 4.69. The Morgan fingerprint density at radius 1 is 1.12 bits per heavy atom. The van der Waals surface area contributed by atoms with Crippen molar-refractivity contribution in [1.82, 2.24) is 9.66 Å². The Kier molecular flexibility index (Phi) is 3.59. The second kappa shape index (κ2) is 5.65. The first-order valence-corrected chi connectivity index (χ1v) is 8.25. The minimum atomic E-state index is 0.505. The van der Waals surface area contributed by atoms with Crippen molar-refractivity contribution in [1.29, 1.82) is 0 Å². The molecule has 0 amide bonds. The minimum Gasteiger partial charge on any atom is -0.398 e. The Balaban J connectivity index is 2.01. The molecule has 0 fully saturated rings. The number of hydrogen-bond acceptors (Lipinski definition) is 3. The van der Waals surface area contributed by atoms with Crippen LogP contribution in [-0.2, 0) is 6.42 Å². The summed E-state index contributed by atoms with van der Waals surface area (Å²) in [6.45, 7) is 1.98. The number of rotatable bonds is 1. The lowest BCUT2D eigenvalue weighted by molar-refractivity contribution is 0.781. The van der Waals surface area contributed by atoms with Crippen molar-refractivity contribution >= 4 is 34.6 Å². The molecular formula is C18H14Cl2N4. The number of aryl methyl sites for hydroxylation is 1. The molecule has 0 atom stereocenters. The first-order valence-electron chi connectivity index (χ1n) is 7.49. The van der Waals surface area contributed by atoms with Crippen LogP contribution in [0, 0.1) is 6.92 Å². The molecule has 2 heterocycles. The smallest absolute Gasteiger partial charge is 0.134 e. The first-order chi connectivity index (χ1) is 11.5. The highest BCUT2D eigenvalue weighted by Crippen LogP contribution is 2.28. The van der Waals surface area contributed by atoms with E-state index in [1.54, 1.807) is 6.07 Å². The van der Waals surface area contributed by atoms with E-state index in [1.807, 2.05) is 48.1 Å². The predicted molar refractivity (Wildman–Crippen MR) is 98.1 cm³/mol. The van der Waals surface area contributed by atoms with Gasteiger partial charge >= 0.3 is 0 Å². The quantitative estimate of drug-likeness (QED) is 0.517. The van der Waals surface area contributed by atoms with Crippen LogP contribution in [-0.4, -0.2) is 15.4 Å². The number of imidazole rings is 1. The van der Waals surface area contributed by atoms with Crippen LogP contribution in [0.15, 0.2) is 47.7 Å². The summed E-state index contributed by atoms with van der Waals surface area (Å²) in [5.41, 5.74) is 11.1. The van der Waals surface area contributed by atoms with Gasteiger partial charge in [-0.2, -0.15) is 5.10 Å². The largest absolute Gasteiger partial charge is 0.398 e. The van der Waals surface area contributed by atoms with Gasteiger partial charge in [0.15, 0.2) is 0 Å². The highest BCUT2D eigenvalue weighted by Gasteiger charge is 2.20. The molecule has 1 aliphatic rings. The van der Waals surface area contributed by atoms with E-state index >= 15 is 0 Å². The van der Waals surface area contributed by atoms with Gasteiger partial charge in [-0.3, -0.25) is 0 Å². The molecular weight excluding hydrogens is 343 g/mol. The lowest BCUT2D eigenvalue weighted by Crippen LogP contribution is -2.08. The van der Waals surface area contributed by atoms with E-state index in [4.69, 9.17) is 34.0 Å². The van der Waals surface area contributed by atoms with E-state index in [9.17, 15) is 0 Å². The number of nitrogens with two attached hydrogens (primary N) is 1. The van der Waals surface area contributed by atoms with Crippen molar-refractivity contribution in [3.05, 3.63) is 80.8 Å². The number of nitrogen functional groups attached to an aromatic ring is 1. The summed E-state index contributed by atoms with van der Waals surface area (Å²) >= 11 is 12.4. The van der Waals surface area contributed by atoms with Crippen LogP contribution in [0.4, 0.5) is 5.69 Å². The number of aromatic nitrogens is 2. The number of fused-ring (bicyclic) bond motifs is 2. The monoisotopic (exact) mass is 356 g/mol. The van der Waals surface area contributed by atoms with Crippen LogP contribution in [0.5, 0.6) is 0 Å². The van der Waals surface area contributed by atoms with Crippen LogP contribution in [0.1, 0.15) is 28.2 Å². The van der Waals surface area contributed by atoms with E-state index in [1.165, 1.54) is 0 Å². The zero-order chi connectivity index (χ0) is 16.8. The van der Waals surface area contributed by atoms with E-state index in [0.29, 0.717) is 22.2 Å². The normalized spacial score (nSPS) is 13.0. The van der Waals surface area contributed by atoms with Crippen molar-refractivity contribution in [3.63, 3.8) is 0 Å². The average molecular weight is 357 g/mol. The summed E-state index contributed by atoms with van der Waals surface area (Å²) in [4.78, 5) is 4.47. The lowest BCUT2D eigenvalue weighted by atomic mass is 9.96. The second-order valence-electron chi connectivity index (χ2n) is 5.79. The molecule has 0 saturated carbocycles. The molecule has 0 bridgehead atoms. The molecule has 6 heteroatoms. The molecule has 24 heavy (non-hydrogen) atoms. The van der Waals surface area contributed by atoms with Crippen molar-refractivity contribution in [2.45, 2.75) is 13.3 Å². The minimum absolute atomic E-state index is 0.505. The zero-order valence-corrected chi connectivity index (χ0v) is 14.4. The molecule has 1 aromatic heterocycles. The fraction of sp³-hybridized carbons (Fsp3) is 0.111. The topological polar surface area (TPSA) is 56.2 Å². The second-order valence-corrected chi connectivity index (χ2v) is 6.63. The van der Waals surface area contributed by atoms with Gasteiger partial charge in [0.2, 0.25) is 0 Å². The number of nitrogens with zero attached hydrogens (tertiary/aromatic N) is 3. The fourth-order valence-corrected chi connectivity index (χ4v) is 3.23. The summed E-state index contributed by atoms with van der Waals surface area (Å²) in [6, 6.07) is 11.4. The summed E-state index contributed by atoms with van der Waals surface area (Å²) in [6.07, 6.45) is 2.52. The van der Waals surface area contributed by atoms with Gasteiger partial charge in [-0.1, -0.05) is 35.3 Å². The summed E-state index contributed by atoms with van der Waals surface area (Å²) in [5.74, 6) is 0.896. The van der Waals surface area contributed by atoms with Crippen LogP contribution in [0.25, 0.3) is 0 Å². The molecule has 4 rings (SSSR count). The van der Waals surface area contributed by atoms with Gasteiger partial charge in [0.05, 0.1) is 28.3 Å². The number of hydrogen-bond donors (Lipinski definition) is 1. The van der Waals surface area contributed by atoms with Crippen molar-refractivity contribution in [3.8, 4) is 0 Å². The van der Waals surface area contributed by atoms with E-state index in [-0.39, 0.29) is 0 Å². The molecule has 0 spiro atoms. The molecule has 0 saturated heterocycles. The molecule has 0 unspecified atom stereocenters. The van der Waals surface area contributed by atoms with Gasteiger partial charge in [0.1, 0.15) is 5.82 Å². The van der Waals surface area contributed by atoms with Gasteiger partial charge < -0.3 is 5.73 Å². The van der Waals surface area contributed by atoms with Crippen LogP contribution in [0.2, 0.25) is 10.0 Å². The maximum atomic E-state index is 6.23. The SMILES string of the molecule is Cc1cnc2n1N=C(c1ccc(N)c(Cl)c1)c1cc(Cl)ccc1C2. The first kappa shape index (κ1) is 15.2. The van der Waals surface area contributed by atoms with Crippen LogP contribution < -0.4 is 5.73 Å². The van der Waals surface area contributed by atoms with Gasteiger partial charge in [0, 0.05) is 22.6 Å². The van der Waals surface area contributed by atoms with E-state index < -0.39 is 0 Å². The predicted octanol–water partition coefficient (Wildman–Crippen LogP) is 4.29. The maximum Gasteiger partial charge on any atom is 0.134 e. The Hall–Kier alpha value is -2.30. The molecule has 3 aromatic rings. The van der Waals surface area contributed by atoms with Gasteiger partial charge in [-0.05, 0) is 36.8 Å². The zero-order valence-electron chi connectivity index (χ0n) is 12.9. The summed E-state index contributed by atoms with van der Waals surface area (Å²) in [7, 11) is 0. The van der Waals surface area contributed by atoms with Crippen molar-refractivity contribution < 1.29 is 0 Å². The standard InChI is InChI=1S/C18H14Cl2N4/c1-10-9-22-17-7-11-2-4-13(19)8-14(11)18(23-24(10)17)12-3-5-16(21)15(20)6-12/h2-6,8-9H,7,21H2,1H3. The Bertz CT molecular complexity index is 989. The molecule has 2 N–H and O–H groups in total. The maximum absolute atomic E-state index is 6.23. The number of anilines is 1. The van der Waals surface area contributed by atoms with Gasteiger partial charge in [0.25, 0.3) is 0 Å². The van der Waals surface area contributed by atoms with Crippen molar-refractivity contribution in [2.75, 3.05) is 5.73 Å². The van der Waals surface area contributed by atoms with E-state index in [2.05, 4.69) is 4.98 Å². The van der Waals surface area contributed by atoms with Gasteiger partial charge in [-0.25, -0.2) is 9.66 Å². The molecule has 1 aliphatic heterocycles. The average Bonchev–Trinajstić information content (AvgIpc) is 2.81. The summed E-state index contributed by atoms with van der Waals surface area (Å²) in [5, 5.41) is 6.01. The molecule has 0 radical (unpaired) electrons. The van der Waals surface area contributed by atoms with Crippen LogP contribution in [0.3, 0.4) is 0 Å². The highest BCUT2D eigenvalue weighted by molar-refractivity contribution is 6.34. The Labute approximate surface area is 149 Å². The van der Waals surface area contributed by atoms with Gasteiger partial charge in [-0.15, -0.1) is 0 Å². The Morgan fingerprint density at radius 3 is 2.75 bits per heavy atom. The molecule has 120 valence electrons. The van der Waals surface area contributed by atoms with Crippen molar-refractivity contribution in [2.24, 2.45) is 5.10 Å². The van der Waals surface area contributed by atoms with E-state index in [0.717, 1.165) is 33.9 Å². The molecule has 2 aromatic carbocycles. The number of halogens is 2.